The predicted molar refractivity (Wildman–Crippen MR) is 134 cm³/mol. The molecule has 1 N–H and O–H groups in total. The third-order valence-corrected chi connectivity index (χ3v) is 7.15. The van der Waals surface area contributed by atoms with Crippen LogP contribution in [-0.4, -0.2) is 29.3 Å². The van der Waals surface area contributed by atoms with E-state index in [9.17, 15) is 14.7 Å². The van der Waals surface area contributed by atoms with Gasteiger partial charge in [0.2, 0.25) is 5.91 Å². The minimum Gasteiger partial charge on any atom is -0.507 e. The Balaban J connectivity index is 1.70. The Hall–Kier alpha value is -3.45. The summed E-state index contributed by atoms with van der Waals surface area (Å²) in [6, 6.07) is 21.8. The van der Waals surface area contributed by atoms with Gasteiger partial charge in [-0.05, 0) is 54.4 Å². The van der Waals surface area contributed by atoms with Crippen LogP contribution in [0.25, 0.3) is 0 Å². The fourth-order valence-electron chi connectivity index (χ4n) is 3.92. The molecule has 34 heavy (non-hydrogen) atoms. The highest BCUT2D eigenvalue weighted by atomic mass is 32.2. The molecule has 3 aromatic rings. The first-order chi connectivity index (χ1) is 16.5. The van der Waals surface area contributed by atoms with Crippen molar-refractivity contribution in [3.8, 4) is 17.2 Å². The number of hydrogen-bond donors (Lipinski definition) is 1. The second kappa shape index (κ2) is 10.7. The van der Waals surface area contributed by atoms with Crippen molar-refractivity contribution in [2.24, 2.45) is 0 Å². The van der Waals surface area contributed by atoms with Crippen molar-refractivity contribution in [3.63, 3.8) is 0 Å². The normalized spacial score (nSPS) is 17.6. The molecule has 1 saturated heterocycles. The summed E-state index contributed by atoms with van der Waals surface area (Å²) in [5.74, 6) is 0.547. The quantitative estimate of drug-likeness (QED) is 0.383. The number of thioether (sulfide) groups is 1. The third-order valence-electron chi connectivity index (χ3n) is 5.65. The summed E-state index contributed by atoms with van der Waals surface area (Å²) in [5.41, 5.74) is 1.47. The van der Waals surface area contributed by atoms with Crippen LogP contribution in [0, 0.1) is 0 Å². The maximum absolute atomic E-state index is 13.5. The van der Waals surface area contributed by atoms with Crippen LogP contribution in [-0.2, 0) is 9.53 Å². The Morgan fingerprint density at radius 3 is 2.53 bits per heavy atom. The van der Waals surface area contributed by atoms with E-state index in [2.05, 4.69) is 6.92 Å². The van der Waals surface area contributed by atoms with E-state index < -0.39 is 5.97 Å². The van der Waals surface area contributed by atoms with Crippen LogP contribution < -0.4 is 9.64 Å². The number of amides is 1. The highest BCUT2D eigenvalue weighted by Crippen LogP contribution is 2.48. The molecule has 2 atom stereocenters. The zero-order valence-corrected chi connectivity index (χ0v) is 20.0. The molecule has 0 bridgehead atoms. The van der Waals surface area contributed by atoms with E-state index in [1.54, 1.807) is 22.7 Å². The van der Waals surface area contributed by atoms with Gasteiger partial charge in [0.15, 0.2) is 0 Å². The Morgan fingerprint density at radius 1 is 1.03 bits per heavy atom. The number of hydrogen-bond acceptors (Lipinski definition) is 6. The summed E-state index contributed by atoms with van der Waals surface area (Å²) in [7, 11) is 1.26. The molecular formula is C27H27NO5S. The van der Waals surface area contributed by atoms with Gasteiger partial charge >= 0.3 is 5.97 Å². The molecule has 3 aromatic carbocycles. The third kappa shape index (κ3) is 5.04. The van der Waals surface area contributed by atoms with Crippen LogP contribution in [0.2, 0.25) is 0 Å². The molecule has 176 valence electrons. The lowest BCUT2D eigenvalue weighted by atomic mass is 10.1. The second-order valence-corrected chi connectivity index (χ2v) is 9.30. The van der Waals surface area contributed by atoms with E-state index in [0.717, 1.165) is 30.6 Å². The number of anilines is 1. The summed E-state index contributed by atoms with van der Waals surface area (Å²) in [6.45, 7) is 2.10. The monoisotopic (exact) mass is 477 g/mol. The zero-order valence-electron chi connectivity index (χ0n) is 19.1. The van der Waals surface area contributed by atoms with Crippen LogP contribution in [0.5, 0.6) is 17.2 Å². The number of nitrogens with zero attached hydrogens (tertiary/aromatic N) is 1. The number of rotatable bonds is 8. The fourth-order valence-corrected chi connectivity index (χ4v) is 5.42. The molecule has 7 heteroatoms. The van der Waals surface area contributed by atoms with E-state index in [-0.39, 0.29) is 27.8 Å². The highest BCUT2D eigenvalue weighted by Gasteiger charge is 2.42. The van der Waals surface area contributed by atoms with Gasteiger partial charge in [-0.3, -0.25) is 9.69 Å². The number of carbonyl (C=O) groups excluding carboxylic acids is 2. The second-order valence-electron chi connectivity index (χ2n) is 8.01. The summed E-state index contributed by atoms with van der Waals surface area (Å²) >= 11 is 1.60. The summed E-state index contributed by atoms with van der Waals surface area (Å²) in [5, 5.41) is 9.65. The first kappa shape index (κ1) is 23.7. The van der Waals surface area contributed by atoms with Gasteiger partial charge < -0.3 is 14.6 Å². The lowest BCUT2D eigenvalue weighted by Crippen LogP contribution is -2.31. The first-order valence-corrected chi connectivity index (χ1v) is 12.2. The first-order valence-electron chi connectivity index (χ1n) is 11.2. The number of unbranched alkanes of at least 4 members (excludes halogenated alkanes) is 1. The van der Waals surface area contributed by atoms with Gasteiger partial charge in [-0.15, -0.1) is 11.8 Å². The maximum atomic E-state index is 13.5. The van der Waals surface area contributed by atoms with Crippen molar-refractivity contribution < 1.29 is 24.2 Å². The van der Waals surface area contributed by atoms with Crippen LogP contribution in [0.3, 0.4) is 0 Å². The van der Waals surface area contributed by atoms with Crippen LogP contribution >= 0.6 is 11.8 Å². The molecule has 0 saturated carbocycles. The minimum absolute atomic E-state index is 0.0145. The van der Waals surface area contributed by atoms with Crippen molar-refractivity contribution in [3.05, 3.63) is 83.9 Å². The van der Waals surface area contributed by atoms with Crippen molar-refractivity contribution in [2.75, 3.05) is 12.0 Å². The molecule has 0 aliphatic carbocycles. The SMILES string of the molecule is CCCCC1SC(c2cccc(Oc3ccccc3)c2)N(c2ccc(O)c(C(=O)OC)c2)C1=O. The molecule has 6 nitrogen and oxygen atoms in total. The van der Waals surface area contributed by atoms with Gasteiger partial charge in [-0.1, -0.05) is 50.1 Å². The smallest absolute Gasteiger partial charge is 0.341 e. The summed E-state index contributed by atoms with van der Waals surface area (Å²) < 4.78 is 10.8. The van der Waals surface area contributed by atoms with Gasteiger partial charge in [0, 0.05) is 5.69 Å². The van der Waals surface area contributed by atoms with Gasteiger partial charge in [-0.25, -0.2) is 4.79 Å². The number of ether oxygens (including phenoxy) is 2. The van der Waals surface area contributed by atoms with Gasteiger partial charge in [0.05, 0.1) is 12.4 Å². The van der Waals surface area contributed by atoms with Crippen molar-refractivity contribution >= 4 is 29.3 Å². The van der Waals surface area contributed by atoms with Gasteiger partial charge in [0.1, 0.15) is 28.2 Å². The molecule has 1 heterocycles. The summed E-state index contributed by atoms with van der Waals surface area (Å²) in [6.07, 6.45) is 2.72. The number of phenols is 1. The van der Waals surface area contributed by atoms with Crippen molar-refractivity contribution in [1.82, 2.24) is 0 Å². The highest BCUT2D eigenvalue weighted by molar-refractivity contribution is 8.01. The number of methoxy groups -OCH3 is 1. The van der Waals surface area contributed by atoms with Crippen LogP contribution in [0.1, 0.15) is 47.5 Å². The number of benzene rings is 3. The number of phenolic OH excluding ortho intramolecular Hbond substituents is 1. The van der Waals surface area contributed by atoms with E-state index in [4.69, 9.17) is 9.47 Å². The molecule has 0 aromatic heterocycles. The van der Waals surface area contributed by atoms with Gasteiger partial charge in [0.25, 0.3) is 0 Å². The lowest BCUT2D eigenvalue weighted by Gasteiger charge is -2.25. The topological polar surface area (TPSA) is 76.1 Å². The average Bonchev–Trinajstić information content (AvgIpc) is 3.19. The molecule has 2 unspecified atom stereocenters. The van der Waals surface area contributed by atoms with E-state index >= 15 is 0 Å². The van der Waals surface area contributed by atoms with Crippen LogP contribution in [0.15, 0.2) is 72.8 Å². The predicted octanol–water partition coefficient (Wildman–Crippen LogP) is 6.31. The number of carbonyl (C=O) groups is 2. The number of aromatic hydroxyl groups is 1. The van der Waals surface area contributed by atoms with E-state index in [1.165, 1.54) is 19.2 Å². The molecule has 1 aliphatic heterocycles. The number of para-hydroxylation sites is 1. The zero-order chi connectivity index (χ0) is 24.1. The average molecular weight is 478 g/mol. The summed E-state index contributed by atoms with van der Waals surface area (Å²) in [4.78, 5) is 27.4. The Labute approximate surface area is 203 Å². The molecule has 1 aliphatic rings. The molecule has 1 amide bonds. The van der Waals surface area contributed by atoms with Crippen molar-refractivity contribution in [1.29, 1.82) is 0 Å². The molecule has 4 rings (SSSR count). The molecule has 1 fully saturated rings. The molecule has 0 radical (unpaired) electrons. The largest absolute Gasteiger partial charge is 0.507 e. The van der Waals surface area contributed by atoms with Crippen molar-refractivity contribution in [2.45, 2.75) is 36.8 Å². The molecule has 0 spiro atoms. The minimum atomic E-state index is -0.656. The maximum Gasteiger partial charge on any atom is 0.341 e. The Kier molecular flexibility index (Phi) is 7.43. The van der Waals surface area contributed by atoms with E-state index in [1.807, 2.05) is 54.6 Å². The molecular weight excluding hydrogens is 450 g/mol. The van der Waals surface area contributed by atoms with Crippen LogP contribution in [0.4, 0.5) is 5.69 Å². The lowest BCUT2D eigenvalue weighted by molar-refractivity contribution is -0.117. The number of esters is 1. The van der Waals surface area contributed by atoms with Gasteiger partial charge in [-0.2, -0.15) is 0 Å². The van der Waals surface area contributed by atoms with E-state index in [0.29, 0.717) is 11.4 Å². The standard InChI is InChI=1S/C27H27NO5S/c1-3-4-13-24-25(30)28(19-14-15-23(29)22(17-19)27(31)32-2)26(34-24)18-9-8-12-21(16-18)33-20-10-6-5-7-11-20/h5-12,14-17,24,26,29H,3-4,13H2,1-2H3. The fraction of sp³-hybridized carbons (Fsp3) is 0.259. The Morgan fingerprint density at radius 2 is 1.79 bits per heavy atom. The Bertz CT molecular complexity index is 1170.